The minimum atomic E-state index is -3.73. The molecule has 2 amide bonds. The molecule has 1 N–H and O–H groups in total. The molecular weight excluding hydrogens is 440 g/mol. The highest BCUT2D eigenvalue weighted by Gasteiger charge is 2.34. The number of carbonyl (C=O) groups is 2. The van der Waals surface area contributed by atoms with Gasteiger partial charge in [0.15, 0.2) is 0 Å². The van der Waals surface area contributed by atoms with Crippen molar-refractivity contribution >= 4 is 27.5 Å². The maximum atomic E-state index is 13.2. The number of anilines is 1. The molecule has 3 heterocycles. The number of hydrogen-bond acceptors (Lipinski definition) is 4. The van der Waals surface area contributed by atoms with Gasteiger partial charge < -0.3 is 14.8 Å². The first-order valence-corrected chi connectivity index (χ1v) is 12.9. The van der Waals surface area contributed by atoms with Gasteiger partial charge in [0, 0.05) is 51.0 Å². The van der Waals surface area contributed by atoms with Gasteiger partial charge in [-0.2, -0.15) is 4.31 Å². The second-order valence-corrected chi connectivity index (χ2v) is 11.2. The zero-order valence-corrected chi connectivity index (χ0v) is 20.3. The fourth-order valence-corrected chi connectivity index (χ4v) is 6.31. The van der Waals surface area contributed by atoms with Crippen LogP contribution >= 0.6 is 0 Å². The lowest BCUT2D eigenvalue weighted by molar-refractivity contribution is -0.120. The molecule has 0 atom stereocenters. The van der Waals surface area contributed by atoms with Crippen molar-refractivity contribution in [2.45, 2.75) is 44.4 Å². The van der Waals surface area contributed by atoms with Gasteiger partial charge in [0.1, 0.15) is 10.6 Å². The average Bonchev–Trinajstić information content (AvgIpc) is 3.43. The number of amides is 2. The predicted octanol–water partition coefficient (Wildman–Crippen LogP) is 2.92. The summed E-state index contributed by atoms with van der Waals surface area (Å²) in [7, 11) is -2.03. The first kappa shape index (κ1) is 23.5. The van der Waals surface area contributed by atoms with Crippen LogP contribution in [0, 0.1) is 19.8 Å². The first-order chi connectivity index (χ1) is 15.6. The van der Waals surface area contributed by atoms with Gasteiger partial charge in [-0.05, 0) is 68.9 Å². The number of sulfonamides is 1. The Kier molecular flexibility index (Phi) is 6.63. The molecule has 0 unspecified atom stereocenters. The quantitative estimate of drug-likeness (QED) is 0.724. The molecule has 178 valence electrons. The number of nitrogens with one attached hydrogen (secondary N) is 1. The van der Waals surface area contributed by atoms with E-state index in [0.717, 1.165) is 29.7 Å². The average molecular weight is 473 g/mol. The molecule has 0 aliphatic carbocycles. The zero-order chi connectivity index (χ0) is 23.8. The molecule has 2 aromatic rings. The van der Waals surface area contributed by atoms with Crippen LogP contribution in [0.1, 0.15) is 47.3 Å². The summed E-state index contributed by atoms with van der Waals surface area (Å²) in [5, 5.41) is 2.98. The molecule has 1 aromatic heterocycles. The van der Waals surface area contributed by atoms with Crippen molar-refractivity contribution in [1.29, 1.82) is 0 Å². The molecule has 0 spiro atoms. The normalized spacial score (nSPS) is 18.0. The third-order valence-corrected chi connectivity index (χ3v) is 8.41. The van der Waals surface area contributed by atoms with Crippen molar-refractivity contribution in [2.75, 3.05) is 31.5 Å². The van der Waals surface area contributed by atoms with Crippen LogP contribution in [0.2, 0.25) is 0 Å². The van der Waals surface area contributed by atoms with Crippen molar-refractivity contribution in [2.24, 2.45) is 13.0 Å². The number of aromatic nitrogens is 1. The number of carbonyl (C=O) groups excluding carboxylic acids is 2. The molecule has 9 heteroatoms. The number of aryl methyl sites for hydroxylation is 3. The fourth-order valence-electron chi connectivity index (χ4n) is 4.77. The summed E-state index contributed by atoms with van der Waals surface area (Å²) in [4.78, 5) is 27.4. The molecule has 0 saturated carbocycles. The third kappa shape index (κ3) is 4.99. The van der Waals surface area contributed by atoms with Crippen molar-refractivity contribution in [3.63, 3.8) is 0 Å². The Morgan fingerprint density at radius 3 is 2.15 bits per heavy atom. The van der Waals surface area contributed by atoms with E-state index < -0.39 is 10.0 Å². The molecule has 2 aliphatic heterocycles. The van der Waals surface area contributed by atoms with Gasteiger partial charge in [-0.1, -0.05) is 6.07 Å². The molecule has 0 bridgehead atoms. The summed E-state index contributed by atoms with van der Waals surface area (Å²) < 4.78 is 29.5. The van der Waals surface area contributed by atoms with Crippen molar-refractivity contribution in [1.82, 2.24) is 13.8 Å². The third-order valence-electron chi connectivity index (χ3n) is 6.54. The van der Waals surface area contributed by atoms with Crippen molar-refractivity contribution in [3.05, 3.63) is 47.3 Å². The summed E-state index contributed by atoms with van der Waals surface area (Å²) in [6, 6.07) is 7.39. The lowest BCUT2D eigenvalue weighted by atomic mass is 9.97. The highest BCUT2D eigenvalue weighted by Crippen LogP contribution is 2.27. The molecule has 4 rings (SSSR count). The zero-order valence-electron chi connectivity index (χ0n) is 19.5. The highest BCUT2D eigenvalue weighted by molar-refractivity contribution is 7.89. The number of hydrogen-bond donors (Lipinski definition) is 1. The van der Waals surface area contributed by atoms with Crippen LogP contribution in [0.3, 0.4) is 0 Å². The Labute approximate surface area is 195 Å². The monoisotopic (exact) mass is 472 g/mol. The predicted molar refractivity (Wildman–Crippen MR) is 127 cm³/mol. The van der Waals surface area contributed by atoms with Gasteiger partial charge in [-0.25, -0.2) is 8.42 Å². The molecule has 1 aromatic carbocycles. The maximum absolute atomic E-state index is 13.2. The number of benzene rings is 1. The Balaban J connectivity index is 1.40. The Morgan fingerprint density at radius 2 is 1.55 bits per heavy atom. The molecule has 2 saturated heterocycles. The van der Waals surface area contributed by atoms with E-state index in [4.69, 9.17) is 0 Å². The Hall–Kier alpha value is -2.65. The molecular formula is C24H32N4O4S. The summed E-state index contributed by atoms with van der Waals surface area (Å²) in [5.74, 6) is -0.436. The standard InChI is InChI=1S/C24H32N4O4S/c1-17-12-18(2)14-20(13-17)25-23(29)19-6-10-28(11-7-19)33(31,32)21-15-22(26(3)16-21)24(30)27-8-4-5-9-27/h12-16,19H,4-11H2,1-3H3,(H,25,29). The van der Waals surface area contributed by atoms with Crippen molar-refractivity contribution < 1.29 is 18.0 Å². The lowest BCUT2D eigenvalue weighted by Gasteiger charge is -2.30. The topological polar surface area (TPSA) is 91.7 Å². The van der Waals surface area contributed by atoms with E-state index in [1.807, 2.05) is 32.0 Å². The van der Waals surface area contributed by atoms with Gasteiger partial charge in [-0.15, -0.1) is 0 Å². The summed E-state index contributed by atoms with van der Waals surface area (Å²) in [6.45, 7) is 5.95. The van der Waals surface area contributed by atoms with Gasteiger partial charge in [0.25, 0.3) is 5.91 Å². The van der Waals surface area contributed by atoms with E-state index in [1.54, 1.807) is 16.5 Å². The molecule has 0 radical (unpaired) electrons. The number of piperidine rings is 1. The number of nitrogens with zero attached hydrogens (tertiary/aromatic N) is 3. The molecule has 2 fully saturated rings. The van der Waals surface area contributed by atoms with E-state index in [9.17, 15) is 18.0 Å². The van der Waals surface area contributed by atoms with E-state index in [2.05, 4.69) is 5.32 Å². The number of rotatable bonds is 5. The Bertz CT molecular complexity index is 1140. The molecule has 8 nitrogen and oxygen atoms in total. The van der Waals surface area contributed by atoms with Crippen LogP contribution in [-0.4, -0.2) is 60.2 Å². The summed E-state index contributed by atoms with van der Waals surface area (Å²) >= 11 is 0. The van der Waals surface area contributed by atoms with Gasteiger partial charge >= 0.3 is 0 Å². The number of likely N-dealkylation sites (tertiary alicyclic amines) is 1. The van der Waals surface area contributed by atoms with Crippen LogP contribution < -0.4 is 5.32 Å². The van der Waals surface area contributed by atoms with E-state index >= 15 is 0 Å². The first-order valence-electron chi connectivity index (χ1n) is 11.5. The lowest BCUT2D eigenvalue weighted by Crippen LogP contribution is -2.41. The summed E-state index contributed by atoms with van der Waals surface area (Å²) in [5.41, 5.74) is 3.32. The largest absolute Gasteiger partial charge is 0.345 e. The van der Waals surface area contributed by atoms with E-state index in [1.165, 1.54) is 16.6 Å². The second-order valence-electron chi connectivity index (χ2n) is 9.22. The molecule has 33 heavy (non-hydrogen) atoms. The summed E-state index contributed by atoms with van der Waals surface area (Å²) in [6.07, 6.45) is 4.39. The smallest absolute Gasteiger partial charge is 0.270 e. The van der Waals surface area contributed by atoms with E-state index in [-0.39, 0.29) is 35.7 Å². The SMILES string of the molecule is Cc1cc(C)cc(NC(=O)C2CCN(S(=O)(=O)c3cc(C(=O)N4CCCC4)n(C)c3)CC2)c1. The maximum Gasteiger partial charge on any atom is 0.270 e. The minimum absolute atomic E-state index is 0.0738. The van der Waals surface area contributed by atoms with Gasteiger partial charge in [0.05, 0.1) is 0 Å². The van der Waals surface area contributed by atoms with Crippen LogP contribution in [0.25, 0.3) is 0 Å². The van der Waals surface area contributed by atoms with Crippen molar-refractivity contribution in [3.8, 4) is 0 Å². The minimum Gasteiger partial charge on any atom is -0.345 e. The van der Waals surface area contributed by atoms with Crippen LogP contribution in [0.5, 0.6) is 0 Å². The molecule has 2 aliphatic rings. The fraction of sp³-hybridized carbons (Fsp3) is 0.500. The second kappa shape index (κ2) is 9.30. The van der Waals surface area contributed by atoms with E-state index in [0.29, 0.717) is 31.6 Å². The van der Waals surface area contributed by atoms with Crippen LogP contribution in [0.15, 0.2) is 35.4 Å². The van der Waals surface area contributed by atoms with Crippen LogP contribution in [0.4, 0.5) is 5.69 Å². The van der Waals surface area contributed by atoms with Gasteiger partial charge in [0.2, 0.25) is 15.9 Å². The van der Waals surface area contributed by atoms with Gasteiger partial charge in [-0.3, -0.25) is 9.59 Å². The van der Waals surface area contributed by atoms with Crippen LogP contribution in [-0.2, 0) is 21.9 Å². The Morgan fingerprint density at radius 1 is 0.939 bits per heavy atom. The highest BCUT2D eigenvalue weighted by atomic mass is 32.2.